The van der Waals surface area contributed by atoms with Crippen LogP contribution in [0.1, 0.15) is 23.9 Å². The molecule has 0 saturated heterocycles. The predicted molar refractivity (Wildman–Crippen MR) is 84.0 cm³/mol. The number of aromatic nitrogens is 2. The first-order chi connectivity index (χ1) is 10.8. The van der Waals surface area contributed by atoms with E-state index in [0.717, 1.165) is 17.5 Å². The van der Waals surface area contributed by atoms with E-state index in [4.69, 9.17) is 9.26 Å². The number of rotatable bonds is 6. The van der Waals surface area contributed by atoms with Crippen molar-refractivity contribution in [2.75, 3.05) is 0 Å². The Morgan fingerprint density at radius 1 is 0.909 bits per heavy atom. The molecule has 0 spiro atoms. The minimum atomic E-state index is 0.314. The summed E-state index contributed by atoms with van der Waals surface area (Å²) in [5, 5.41) is 4.00. The molecule has 0 N–H and O–H groups in total. The van der Waals surface area contributed by atoms with Crippen LogP contribution in [0.5, 0.6) is 0 Å². The first-order valence-corrected chi connectivity index (χ1v) is 7.38. The Bertz CT molecular complexity index is 705. The van der Waals surface area contributed by atoms with E-state index in [2.05, 4.69) is 29.2 Å². The average molecular weight is 294 g/mol. The third-order valence-electron chi connectivity index (χ3n) is 3.43. The maximum atomic E-state index is 5.60. The second-order valence-electron chi connectivity index (χ2n) is 5.04. The lowest BCUT2D eigenvalue weighted by molar-refractivity contribution is 0.0850. The number of hydrogen-bond acceptors (Lipinski definition) is 4. The summed E-state index contributed by atoms with van der Waals surface area (Å²) >= 11 is 0. The van der Waals surface area contributed by atoms with E-state index in [1.165, 1.54) is 5.56 Å². The minimum Gasteiger partial charge on any atom is -0.367 e. The van der Waals surface area contributed by atoms with Crippen LogP contribution in [0, 0.1) is 0 Å². The van der Waals surface area contributed by atoms with Gasteiger partial charge in [-0.05, 0) is 17.5 Å². The van der Waals surface area contributed by atoms with Crippen LogP contribution < -0.4 is 0 Å². The predicted octanol–water partition coefficient (Wildman–Crippen LogP) is 4.02. The third kappa shape index (κ3) is 3.59. The smallest absolute Gasteiger partial charge is 0.252 e. The number of hydrogen-bond donors (Lipinski definition) is 0. The Morgan fingerprint density at radius 3 is 2.41 bits per heavy atom. The van der Waals surface area contributed by atoms with Crippen molar-refractivity contribution in [2.24, 2.45) is 0 Å². The van der Waals surface area contributed by atoms with Gasteiger partial charge in [-0.15, -0.1) is 0 Å². The van der Waals surface area contributed by atoms with Crippen LogP contribution >= 0.6 is 0 Å². The summed E-state index contributed by atoms with van der Waals surface area (Å²) in [4.78, 5) is 4.36. The molecule has 1 aromatic heterocycles. The maximum absolute atomic E-state index is 5.60. The van der Waals surface area contributed by atoms with Crippen molar-refractivity contribution in [3.8, 4) is 11.4 Å². The lowest BCUT2D eigenvalue weighted by Crippen LogP contribution is -1.94. The van der Waals surface area contributed by atoms with Crippen molar-refractivity contribution in [1.29, 1.82) is 0 Å². The lowest BCUT2D eigenvalue weighted by Gasteiger charge is -2.00. The normalized spacial score (nSPS) is 10.8. The van der Waals surface area contributed by atoms with E-state index < -0.39 is 0 Å². The maximum Gasteiger partial charge on any atom is 0.252 e. The number of nitrogens with zero attached hydrogens (tertiary/aromatic N) is 2. The summed E-state index contributed by atoms with van der Waals surface area (Å²) in [6.07, 6.45) is 1.02. The number of aryl methyl sites for hydroxylation is 1. The largest absolute Gasteiger partial charge is 0.367 e. The molecule has 0 radical (unpaired) electrons. The van der Waals surface area contributed by atoms with Gasteiger partial charge in [0.25, 0.3) is 5.89 Å². The Hall–Kier alpha value is -2.46. The van der Waals surface area contributed by atoms with Gasteiger partial charge in [-0.1, -0.05) is 66.7 Å². The molecular formula is C18H18N2O2. The van der Waals surface area contributed by atoms with E-state index in [1.807, 2.05) is 42.5 Å². The molecule has 3 rings (SSSR count). The summed E-state index contributed by atoms with van der Waals surface area (Å²) in [5.74, 6) is 1.09. The standard InChI is InChI=1S/C18H18N2O2/c1-2-14-8-10-16(11-9-14)18-19-17(22-20-18)13-21-12-15-6-4-3-5-7-15/h3-11H,2,12-13H2,1H3. The van der Waals surface area contributed by atoms with Gasteiger partial charge in [0, 0.05) is 5.56 Å². The van der Waals surface area contributed by atoms with Crippen LogP contribution in [-0.4, -0.2) is 10.1 Å². The van der Waals surface area contributed by atoms with Crippen LogP contribution in [0.2, 0.25) is 0 Å². The second-order valence-corrected chi connectivity index (χ2v) is 5.04. The molecule has 0 aliphatic heterocycles. The topological polar surface area (TPSA) is 48.2 Å². The average Bonchev–Trinajstić information content (AvgIpc) is 3.05. The van der Waals surface area contributed by atoms with E-state index in [0.29, 0.717) is 24.9 Å². The Kier molecular flexibility index (Phi) is 4.61. The number of ether oxygens (including phenoxy) is 1. The van der Waals surface area contributed by atoms with Gasteiger partial charge in [0.2, 0.25) is 5.82 Å². The summed E-state index contributed by atoms with van der Waals surface area (Å²) in [6, 6.07) is 18.2. The minimum absolute atomic E-state index is 0.314. The molecule has 3 aromatic rings. The molecule has 0 atom stereocenters. The molecule has 0 fully saturated rings. The SMILES string of the molecule is CCc1ccc(-c2noc(COCc3ccccc3)n2)cc1. The van der Waals surface area contributed by atoms with Gasteiger partial charge in [-0.3, -0.25) is 0 Å². The van der Waals surface area contributed by atoms with Crippen LogP contribution in [0.25, 0.3) is 11.4 Å². The van der Waals surface area contributed by atoms with Crippen LogP contribution in [0.15, 0.2) is 59.1 Å². The van der Waals surface area contributed by atoms with Crippen LogP contribution in [0.4, 0.5) is 0 Å². The molecule has 0 unspecified atom stereocenters. The van der Waals surface area contributed by atoms with E-state index in [-0.39, 0.29) is 0 Å². The molecule has 22 heavy (non-hydrogen) atoms. The Morgan fingerprint density at radius 2 is 1.68 bits per heavy atom. The first-order valence-electron chi connectivity index (χ1n) is 7.38. The zero-order valence-electron chi connectivity index (χ0n) is 12.5. The highest BCUT2D eigenvalue weighted by Crippen LogP contribution is 2.17. The molecule has 0 saturated carbocycles. The zero-order valence-corrected chi connectivity index (χ0v) is 12.5. The molecule has 112 valence electrons. The molecular weight excluding hydrogens is 276 g/mol. The van der Waals surface area contributed by atoms with Gasteiger partial charge in [0.1, 0.15) is 6.61 Å². The van der Waals surface area contributed by atoms with Gasteiger partial charge in [0.15, 0.2) is 0 Å². The molecule has 4 heteroatoms. The first kappa shape index (κ1) is 14.5. The van der Waals surface area contributed by atoms with Gasteiger partial charge >= 0.3 is 0 Å². The van der Waals surface area contributed by atoms with Crippen molar-refractivity contribution in [2.45, 2.75) is 26.6 Å². The van der Waals surface area contributed by atoms with Gasteiger partial charge in [-0.25, -0.2) is 0 Å². The summed E-state index contributed by atoms with van der Waals surface area (Å²) < 4.78 is 10.8. The fraction of sp³-hybridized carbons (Fsp3) is 0.222. The zero-order chi connectivity index (χ0) is 15.2. The Balaban J connectivity index is 1.58. The van der Waals surface area contributed by atoms with E-state index in [9.17, 15) is 0 Å². The second kappa shape index (κ2) is 7.00. The highest BCUT2D eigenvalue weighted by atomic mass is 16.5. The van der Waals surface area contributed by atoms with Crippen molar-refractivity contribution in [1.82, 2.24) is 10.1 Å². The molecule has 1 heterocycles. The monoisotopic (exact) mass is 294 g/mol. The Labute approximate surface area is 129 Å². The fourth-order valence-corrected chi connectivity index (χ4v) is 2.15. The summed E-state index contributed by atoms with van der Waals surface area (Å²) in [6.45, 7) is 2.98. The summed E-state index contributed by atoms with van der Waals surface area (Å²) in [7, 11) is 0. The molecule has 0 bridgehead atoms. The molecule has 2 aromatic carbocycles. The third-order valence-corrected chi connectivity index (χ3v) is 3.43. The van der Waals surface area contributed by atoms with Gasteiger partial charge < -0.3 is 9.26 Å². The van der Waals surface area contributed by atoms with E-state index >= 15 is 0 Å². The van der Waals surface area contributed by atoms with Crippen molar-refractivity contribution >= 4 is 0 Å². The van der Waals surface area contributed by atoms with Gasteiger partial charge in [-0.2, -0.15) is 4.98 Å². The molecule has 4 nitrogen and oxygen atoms in total. The molecule has 0 aliphatic carbocycles. The highest BCUT2D eigenvalue weighted by molar-refractivity contribution is 5.54. The highest BCUT2D eigenvalue weighted by Gasteiger charge is 2.08. The molecule has 0 aliphatic rings. The van der Waals surface area contributed by atoms with Gasteiger partial charge in [0.05, 0.1) is 6.61 Å². The van der Waals surface area contributed by atoms with Crippen molar-refractivity contribution < 1.29 is 9.26 Å². The fourth-order valence-electron chi connectivity index (χ4n) is 2.15. The van der Waals surface area contributed by atoms with E-state index in [1.54, 1.807) is 0 Å². The molecule has 0 amide bonds. The quantitative estimate of drug-likeness (QED) is 0.689. The van der Waals surface area contributed by atoms with Crippen LogP contribution in [-0.2, 0) is 24.4 Å². The number of benzene rings is 2. The van der Waals surface area contributed by atoms with Crippen molar-refractivity contribution in [3.05, 3.63) is 71.6 Å². The van der Waals surface area contributed by atoms with Crippen molar-refractivity contribution in [3.63, 3.8) is 0 Å². The van der Waals surface area contributed by atoms with Crippen LogP contribution in [0.3, 0.4) is 0 Å². The lowest BCUT2D eigenvalue weighted by atomic mass is 10.1. The summed E-state index contributed by atoms with van der Waals surface area (Å²) in [5.41, 5.74) is 3.37.